The molecule has 0 amide bonds. The van der Waals surface area contributed by atoms with Crippen LogP contribution in [0.1, 0.15) is 30.7 Å². The summed E-state index contributed by atoms with van der Waals surface area (Å²) < 4.78 is 16.6. The van der Waals surface area contributed by atoms with Gasteiger partial charge >= 0.3 is 0 Å². The first kappa shape index (κ1) is 20.7. The SMILES string of the molecule is COc1ccc(CN2CCc3c(nc(N4CC(C)OC(C)C4)[nH]c3=O)C2)c(OC)c1. The van der Waals surface area contributed by atoms with Crippen molar-refractivity contribution in [2.45, 2.75) is 45.6 Å². The Morgan fingerprint density at radius 2 is 1.97 bits per heavy atom. The third kappa shape index (κ3) is 4.29. The Bertz CT molecular complexity index is 951. The fourth-order valence-corrected chi connectivity index (χ4v) is 4.34. The molecule has 1 aromatic carbocycles. The standard InChI is InChI=1S/C22H30N4O4/c1-14-10-26(11-15(2)30-14)22-23-19-13-25(8-7-18(19)21(27)24-22)12-16-5-6-17(28-3)9-20(16)29-4/h5-6,9,14-15H,7-8,10-13H2,1-4H3,(H,23,24,27). The molecule has 0 radical (unpaired) electrons. The predicted octanol–water partition coefficient (Wildman–Crippen LogP) is 1.96. The minimum atomic E-state index is -0.0246. The third-order valence-corrected chi connectivity index (χ3v) is 5.75. The first-order valence-corrected chi connectivity index (χ1v) is 10.4. The molecule has 2 aliphatic rings. The summed E-state index contributed by atoms with van der Waals surface area (Å²) in [4.78, 5) is 25.0. The van der Waals surface area contributed by atoms with Crippen molar-refractivity contribution in [1.29, 1.82) is 0 Å². The summed E-state index contributed by atoms with van der Waals surface area (Å²) in [5.41, 5.74) is 2.72. The maximum Gasteiger partial charge on any atom is 0.255 e. The highest BCUT2D eigenvalue weighted by molar-refractivity contribution is 5.41. The van der Waals surface area contributed by atoms with Gasteiger partial charge in [0.2, 0.25) is 5.95 Å². The van der Waals surface area contributed by atoms with Crippen LogP contribution in [0.3, 0.4) is 0 Å². The predicted molar refractivity (Wildman–Crippen MR) is 114 cm³/mol. The molecule has 2 aromatic rings. The molecule has 2 aliphatic heterocycles. The second kappa shape index (κ2) is 8.65. The molecule has 1 N–H and O–H groups in total. The lowest BCUT2D eigenvalue weighted by molar-refractivity contribution is -0.00576. The summed E-state index contributed by atoms with van der Waals surface area (Å²) in [5, 5.41) is 0. The zero-order valence-corrected chi connectivity index (χ0v) is 18.1. The lowest BCUT2D eigenvalue weighted by Crippen LogP contribution is -2.47. The van der Waals surface area contributed by atoms with Crippen LogP contribution in [0.15, 0.2) is 23.0 Å². The zero-order valence-electron chi connectivity index (χ0n) is 18.1. The van der Waals surface area contributed by atoms with Gasteiger partial charge < -0.3 is 19.1 Å². The number of nitrogens with zero attached hydrogens (tertiary/aromatic N) is 3. The van der Waals surface area contributed by atoms with E-state index in [4.69, 9.17) is 19.2 Å². The minimum Gasteiger partial charge on any atom is -0.497 e. The van der Waals surface area contributed by atoms with Gasteiger partial charge in [-0.1, -0.05) is 6.07 Å². The number of hydrogen-bond acceptors (Lipinski definition) is 7. The number of benzene rings is 1. The molecule has 0 saturated carbocycles. The Hall–Kier alpha value is -2.58. The van der Waals surface area contributed by atoms with Gasteiger partial charge in [-0.25, -0.2) is 4.98 Å². The highest BCUT2D eigenvalue weighted by atomic mass is 16.5. The molecule has 8 nitrogen and oxygen atoms in total. The lowest BCUT2D eigenvalue weighted by Gasteiger charge is -2.36. The van der Waals surface area contributed by atoms with Crippen LogP contribution in [0, 0.1) is 0 Å². The lowest BCUT2D eigenvalue weighted by atomic mass is 10.1. The van der Waals surface area contributed by atoms with Gasteiger partial charge in [0.15, 0.2) is 0 Å². The minimum absolute atomic E-state index is 0.0246. The highest BCUT2D eigenvalue weighted by Gasteiger charge is 2.27. The van der Waals surface area contributed by atoms with Crippen LogP contribution in [0.5, 0.6) is 11.5 Å². The van der Waals surface area contributed by atoms with E-state index < -0.39 is 0 Å². The Morgan fingerprint density at radius 1 is 1.20 bits per heavy atom. The summed E-state index contributed by atoms with van der Waals surface area (Å²) in [5.74, 6) is 2.21. The van der Waals surface area contributed by atoms with Gasteiger partial charge in [0, 0.05) is 49.9 Å². The quantitative estimate of drug-likeness (QED) is 0.801. The Labute approximate surface area is 176 Å². The van der Waals surface area contributed by atoms with Crippen molar-refractivity contribution in [2.75, 3.05) is 38.8 Å². The number of ether oxygens (including phenoxy) is 3. The molecule has 8 heteroatoms. The van der Waals surface area contributed by atoms with E-state index in [9.17, 15) is 4.79 Å². The molecule has 1 aromatic heterocycles. The maximum absolute atomic E-state index is 12.7. The second-order valence-electron chi connectivity index (χ2n) is 8.12. The average molecular weight is 415 g/mol. The van der Waals surface area contributed by atoms with Gasteiger partial charge in [0.25, 0.3) is 5.56 Å². The number of fused-ring (bicyclic) bond motifs is 1. The number of morpholine rings is 1. The molecule has 2 unspecified atom stereocenters. The van der Waals surface area contributed by atoms with Crippen molar-refractivity contribution >= 4 is 5.95 Å². The normalized spacial score (nSPS) is 21.9. The number of rotatable bonds is 5. The number of methoxy groups -OCH3 is 2. The van der Waals surface area contributed by atoms with E-state index in [2.05, 4.69) is 14.8 Å². The van der Waals surface area contributed by atoms with Gasteiger partial charge in [-0.15, -0.1) is 0 Å². The van der Waals surface area contributed by atoms with Gasteiger partial charge in [0.1, 0.15) is 11.5 Å². The van der Waals surface area contributed by atoms with Crippen molar-refractivity contribution in [3.8, 4) is 11.5 Å². The molecule has 3 heterocycles. The van der Waals surface area contributed by atoms with Crippen LogP contribution < -0.4 is 19.9 Å². The van der Waals surface area contributed by atoms with Gasteiger partial charge in [-0.3, -0.25) is 14.7 Å². The number of anilines is 1. The average Bonchev–Trinajstić information content (AvgIpc) is 2.73. The van der Waals surface area contributed by atoms with E-state index in [-0.39, 0.29) is 17.8 Å². The smallest absolute Gasteiger partial charge is 0.255 e. The van der Waals surface area contributed by atoms with Crippen LogP contribution in [0.4, 0.5) is 5.95 Å². The van der Waals surface area contributed by atoms with Gasteiger partial charge in [-0.2, -0.15) is 0 Å². The summed E-state index contributed by atoms with van der Waals surface area (Å²) in [6, 6.07) is 5.87. The zero-order chi connectivity index (χ0) is 21.3. The third-order valence-electron chi connectivity index (χ3n) is 5.75. The topological polar surface area (TPSA) is 79.9 Å². The molecule has 162 valence electrons. The fraction of sp³-hybridized carbons (Fsp3) is 0.545. The Morgan fingerprint density at radius 3 is 2.67 bits per heavy atom. The molecule has 2 atom stereocenters. The van der Waals surface area contributed by atoms with Crippen molar-refractivity contribution < 1.29 is 14.2 Å². The summed E-state index contributed by atoms with van der Waals surface area (Å²) in [6.07, 6.45) is 0.898. The van der Waals surface area contributed by atoms with Crippen LogP contribution in [-0.4, -0.2) is 60.9 Å². The fourth-order valence-electron chi connectivity index (χ4n) is 4.34. The van der Waals surface area contributed by atoms with Crippen LogP contribution >= 0.6 is 0 Å². The van der Waals surface area contributed by atoms with Gasteiger partial charge in [0.05, 0.1) is 32.1 Å². The van der Waals surface area contributed by atoms with Crippen molar-refractivity contribution in [2.24, 2.45) is 0 Å². The van der Waals surface area contributed by atoms with Crippen LogP contribution in [-0.2, 0) is 24.2 Å². The molecule has 1 fully saturated rings. The van der Waals surface area contributed by atoms with E-state index in [1.807, 2.05) is 32.0 Å². The number of nitrogens with one attached hydrogen (secondary N) is 1. The summed E-state index contributed by atoms with van der Waals surface area (Å²) in [6.45, 7) is 7.70. The number of aromatic amines is 1. The van der Waals surface area contributed by atoms with Crippen molar-refractivity contribution in [1.82, 2.24) is 14.9 Å². The van der Waals surface area contributed by atoms with E-state index >= 15 is 0 Å². The van der Waals surface area contributed by atoms with Crippen LogP contribution in [0.25, 0.3) is 0 Å². The van der Waals surface area contributed by atoms with Gasteiger partial charge in [-0.05, 0) is 26.3 Å². The summed E-state index contributed by atoms with van der Waals surface area (Å²) >= 11 is 0. The largest absolute Gasteiger partial charge is 0.497 e. The van der Waals surface area contributed by atoms with Crippen LogP contribution in [0.2, 0.25) is 0 Å². The molecule has 1 saturated heterocycles. The van der Waals surface area contributed by atoms with E-state index in [0.29, 0.717) is 18.9 Å². The number of hydrogen-bond donors (Lipinski definition) is 1. The molecular weight excluding hydrogens is 384 g/mol. The Balaban J connectivity index is 1.55. The monoisotopic (exact) mass is 414 g/mol. The van der Waals surface area contributed by atoms with Crippen molar-refractivity contribution in [3.63, 3.8) is 0 Å². The molecular formula is C22H30N4O4. The maximum atomic E-state index is 12.7. The first-order chi connectivity index (χ1) is 14.5. The number of aromatic nitrogens is 2. The molecule has 0 spiro atoms. The molecule has 4 rings (SSSR count). The van der Waals surface area contributed by atoms with E-state index in [1.165, 1.54) is 0 Å². The van der Waals surface area contributed by atoms with E-state index in [1.54, 1.807) is 14.2 Å². The Kier molecular flexibility index (Phi) is 5.97. The molecule has 0 bridgehead atoms. The summed E-state index contributed by atoms with van der Waals surface area (Å²) in [7, 11) is 3.31. The first-order valence-electron chi connectivity index (χ1n) is 10.4. The molecule has 0 aliphatic carbocycles. The number of H-pyrrole nitrogens is 1. The van der Waals surface area contributed by atoms with E-state index in [0.717, 1.165) is 54.5 Å². The van der Waals surface area contributed by atoms with Crippen molar-refractivity contribution in [3.05, 3.63) is 45.4 Å². The molecule has 30 heavy (non-hydrogen) atoms. The second-order valence-corrected chi connectivity index (χ2v) is 8.12. The highest BCUT2D eigenvalue weighted by Crippen LogP contribution is 2.27.